The summed E-state index contributed by atoms with van der Waals surface area (Å²) in [5.41, 5.74) is 6.59. The molecule has 1 aliphatic rings. The van der Waals surface area contributed by atoms with E-state index in [0.717, 1.165) is 5.56 Å². The number of amides is 3. The van der Waals surface area contributed by atoms with Crippen LogP contribution in [0.15, 0.2) is 24.3 Å². The normalized spacial score (nSPS) is 20.6. The summed E-state index contributed by atoms with van der Waals surface area (Å²) in [6.07, 6.45) is -0.485. The van der Waals surface area contributed by atoms with E-state index in [4.69, 9.17) is 11.0 Å². The van der Waals surface area contributed by atoms with E-state index in [0.29, 0.717) is 5.56 Å². The third-order valence-corrected chi connectivity index (χ3v) is 4.17. The number of nitrogens with one attached hydrogen (secondary N) is 1. The molecule has 8 nitrogen and oxygen atoms in total. The Hall–Kier alpha value is -2.92. The average Bonchev–Trinajstić information content (AvgIpc) is 2.97. The van der Waals surface area contributed by atoms with E-state index in [2.05, 4.69) is 5.32 Å². The molecule has 0 spiro atoms. The van der Waals surface area contributed by atoms with E-state index in [9.17, 15) is 19.5 Å². The molecule has 1 heterocycles. The van der Waals surface area contributed by atoms with Crippen molar-refractivity contribution in [2.75, 3.05) is 6.54 Å². The summed E-state index contributed by atoms with van der Waals surface area (Å²) in [5, 5.41) is 21.1. The van der Waals surface area contributed by atoms with Crippen LogP contribution in [0.25, 0.3) is 0 Å². The molecule has 1 saturated heterocycles. The molecular formula is C17H20N4O4. The van der Waals surface area contributed by atoms with Crippen molar-refractivity contribution in [3.63, 3.8) is 0 Å². The summed E-state index contributed by atoms with van der Waals surface area (Å²) in [7, 11) is 0. The van der Waals surface area contributed by atoms with Crippen molar-refractivity contribution in [1.82, 2.24) is 10.2 Å². The minimum Gasteiger partial charge on any atom is -0.391 e. The number of hydrogen-bond donors (Lipinski definition) is 3. The highest BCUT2D eigenvalue weighted by Gasteiger charge is 2.38. The number of nitriles is 1. The smallest absolute Gasteiger partial charge is 0.243 e. The van der Waals surface area contributed by atoms with Crippen molar-refractivity contribution >= 4 is 17.7 Å². The lowest BCUT2D eigenvalue weighted by molar-refractivity contribution is -0.138. The summed E-state index contributed by atoms with van der Waals surface area (Å²) in [6, 6.07) is 6.81. The van der Waals surface area contributed by atoms with E-state index in [1.165, 1.54) is 11.8 Å². The van der Waals surface area contributed by atoms with Gasteiger partial charge in [-0.3, -0.25) is 14.4 Å². The standard InChI is InChI=1S/C17H20N4O4/c1-10(22)21-9-13(23)7-15(21)17(25)20-14(16(19)24)6-11-2-4-12(8-18)5-3-11/h2-5,13-15,23H,6-7,9H2,1H3,(H2,19,24)(H,20,25)/t13-,14+,15+/m1/s1. The summed E-state index contributed by atoms with van der Waals surface area (Å²) in [5.74, 6) is -1.55. The number of benzene rings is 1. The number of aliphatic hydroxyl groups excluding tert-OH is 1. The number of primary amides is 1. The molecule has 0 saturated carbocycles. The third kappa shape index (κ3) is 4.55. The number of carbonyl (C=O) groups is 3. The Bertz CT molecular complexity index is 710. The fraction of sp³-hybridized carbons (Fsp3) is 0.412. The van der Waals surface area contributed by atoms with Crippen LogP contribution in [-0.2, 0) is 20.8 Å². The summed E-state index contributed by atoms with van der Waals surface area (Å²) in [6.45, 7) is 1.41. The van der Waals surface area contributed by atoms with Crippen LogP contribution in [0, 0.1) is 11.3 Å². The van der Waals surface area contributed by atoms with E-state index in [1.54, 1.807) is 24.3 Å². The second-order valence-electron chi connectivity index (χ2n) is 6.05. The second-order valence-corrected chi connectivity index (χ2v) is 6.05. The maximum atomic E-state index is 12.4. The summed E-state index contributed by atoms with van der Waals surface area (Å²) >= 11 is 0. The summed E-state index contributed by atoms with van der Waals surface area (Å²) < 4.78 is 0. The Labute approximate surface area is 145 Å². The quantitative estimate of drug-likeness (QED) is 0.633. The van der Waals surface area contributed by atoms with E-state index < -0.39 is 30.0 Å². The molecule has 0 bridgehead atoms. The van der Waals surface area contributed by atoms with Crippen molar-refractivity contribution in [3.8, 4) is 6.07 Å². The van der Waals surface area contributed by atoms with Crippen molar-refractivity contribution in [1.29, 1.82) is 5.26 Å². The van der Waals surface area contributed by atoms with Crippen LogP contribution in [0.4, 0.5) is 0 Å². The fourth-order valence-electron chi connectivity index (χ4n) is 2.85. The minimum atomic E-state index is -0.952. The molecule has 3 amide bonds. The van der Waals surface area contributed by atoms with Gasteiger partial charge in [0.1, 0.15) is 12.1 Å². The SMILES string of the molecule is CC(=O)N1C[C@H](O)C[C@H]1C(=O)N[C@@H](Cc1ccc(C#N)cc1)C(N)=O. The Morgan fingerprint density at radius 3 is 2.56 bits per heavy atom. The first-order chi connectivity index (χ1) is 11.8. The van der Waals surface area contributed by atoms with Gasteiger partial charge in [-0.15, -0.1) is 0 Å². The maximum Gasteiger partial charge on any atom is 0.243 e. The zero-order chi connectivity index (χ0) is 18.6. The topological polar surface area (TPSA) is 137 Å². The molecule has 1 aromatic rings. The number of hydrogen-bond acceptors (Lipinski definition) is 5. The lowest BCUT2D eigenvalue weighted by Crippen LogP contribution is -2.52. The fourth-order valence-corrected chi connectivity index (χ4v) is 2.85. The highest BCUT2D eigenvalue weighted by atomic mass is 16.3. The lowest BCUT2D eigenvalue weighted by atomic mass is 10.0. The molecule has 132 valence electrons. The van der Waals surface area contributed by atoms with Crippen molar-refractivity contribution in [2.45, 2.75) is 38.0 Å². The minimum absolute atomic E-state index is 0.0876. The average molecular weight is 344 g/mol. The molecular weight excluding hydrogens is 324 g/mol. The molecule has 3 atom stereocenters. The highest BCUT2D eigenvalue weighted by Crippen LogP contribution is 2.18. The number of nitrogens with zero attached hydrogens (tertiary/aromatic N) is 2. The van der Waals surface area contributed by atoms with E-state index in [-0.39, 0.29) is 25.3 Å². The molecule has 0 aromatic heterocycles. The van der Waals surface area contributed by atoms with Crippen LogP contribution in [0.3, 0.4) is 0 Å². The van der Waals surface area contributed by atoms with Gasteiger partial charge in [0, 0.05) is 26.3 Å². The van der Waals surface area contributed by atoms with E-state index >= 15 is 0 Å². The zero-order valence-electron chi connectivity index (χ0n) is 13.8. The Balaban J connectivity index is 2.07. The van der Waals surface area contributed by atoms with Gasteiger partial charge in [0.15, 0.2) is 0 Å². The number of nitrogens with two attached hydrogens (primary N) is 1. The highest BCUT2D eigenvalue weighted by molar-refractivity contribution is 5.91. The van der Waals surface area contributed by atoms with Gasteiger partial charge in [0.25, 0.3) is 0 Å². The molecule has 4 N–H and O–H groups in total. The first-order valence-electron chi connectivity index (χ1n) is 7.85. The number of β-amino-alcohol motifs (C(OH)–C–C–N with tert-alkyl or cyclic N) is 1. The van der Waals surface area contributed by atoms with Crippen LogP contribution in [0.1, 0.15) is 24.5 Å². The molecule has 0 unspecified atom stereocenters. The lowest BCUT2D eigenvalue weighted by Gasteiger charge is -2.24. The largest absolute Gasteiger partial charge is 0.391 e. The third-order valence-electron chi connectivity index (χ3n) is 4.17. The monoisotopic (exact) mass is 344 g/mol. The van der Waals surface area contributed by atoms with Crippen LogP contribution in [0.2, 0.25) is 0 Å². The van der Waals surface area contributed by atoms with Gasteiger partial charge >= 0.3 is 0 Å². The van der Waals surface area contributed by atoms with Gasteiger partial charge in [0.2, 0.25) is 17.7 Å². The molecule has 1 fully saturated rings. The van der Waals surface area contributed by atoms with Gasteiger partial charge in [0.05, 0.1) is 17.7 Å². The van der Waals surface area contributed by atoms with Crippen molar-refractivity contribution in [3.05, 3.63) is 35.4 Å². The Kier molecular flexibility index (Phi) is 5.72. The number of rotatable bonds is 5. The van der Waals surface area contributed by atoms with Gasteiger partial charge in [-0.05, 0) is 17.7 Å². The first kappa shape index (κ1) is 18.4. The predicted molar refractivity (Wildman–Crippen MR) is 87.8 cm³/mol. The summed E-state index contributed by atoms with van der Waals surface area (Å²) in [4.78, 5) is 37.0. The van der Waals surface area contributed by atoms with Crippen LogP contribution >= 0.6 is 0 Å². The molecule has 8 heteroatoms. The van der Waals surface area contributed by atoms with Gasteiger partial charge in [-0.25, -0.2) is 0 Å². The molecule has 25 heavy (non-hydrogen) atoms. The van der Waals surface area contributed by atoms with Crippen LogP contribution in [0.5, 0.6) is 0 Å². The van der Waals surface area contributed by atoms with Gasteiger partial charge < -0.3 is 21.1 Å². The van der Waals surface area contributed by atoms with Gasteiger partial charge in [-0.2, -0.15) is 5.26 Å². The molecule has 2 rings (SSSR count). The number of aliphatic hydroxyl groups is 1. The van der Waals surface area contributed by atoms with Crippen molar-refractivity contribution in [2.24, 2.45) is 5.73 Å². The molecule has 1 aromatic carbocycles. The van der Waals surface area contributed by atoms with E-state index in [1.807, 2.05) is 6.07 Å². The molecule has 0 radical (unpaired) electrons. The first-order valence-corrected chi connectivity index (χ1v) is 7.85. The van der Waals surface area contributed by atoms with Gasteiger partial charge in [-0.1, -0.05) is 12.1 Å². The second kappa shape index (κ2) is 7.77. The maximum absolute atomic E-state index is 12.4. The molecule has 1 aliphatic heterocycles. The zero-order valence-corrected chi connectivity index (χ0v) is 13.8. The Morgan fingerprint density at radius 2 is 2.04 bits per heavy atom. The van der Waals surface area contributed by atoms with Crippen molar-refractivity contribution < 1.29 is 19.5 Å². The molecule has 0 aliphatic carbocycles. The van der Waals surface area contributed by atoms with Crippen LogP contribution < -0.4 is 11.1 Å². The number of carbonyl (C=O) groups excluding carboxylic acids is 3. The Morgan fingerprint density at radius 1 is 1.40 bits per heavy atom. The predicted octanol–water partition coefficient (Wildman–Crippen LogP) is -0.947. The van der Waals surface area contributed by atoms with Crippen LogP contribution in [-0.4, -0.2) is 52.5 Å². The number of likely N-dealkylation sites (tertiary alicyclic amines) is 1.